The van der Waals surface area contributed by atoms with Crippen molar-refractivity contribution in [1.82, 2.24) is 14.3 Å². The number of nitrogens with one attached hydrogen (secondary N) is 1. The minimum atomic E-state index is -3.65. The molecule has 1 N–H and O–H groups in total. The smallest absolute Gasteiger partial charge is 0.246 e. The first-order valence-corrected chi connectivity index (χ1v) is 13.0. The molecule has 148 valence electrons. The van der Waals surface area contributed by atoms with Gasteiger partial charge in [-0.25, -0.2) is 14.7 Å². The molecule has 0 amide bonds. The normalized spacial score (nSPS) is 12.9. The van der Waals surface area contributed by atoms with Crippen LogP contribution in [-0.4, -0.2) is 42.0 Å². The molecule has 0 fully saturated rings. The van der Waals surface area contributed by atoms with E-state index in [1.54, 1.807) is 23.1 Å². The molecule has 0 radical (unpaired) electrons. The third-order valence-electron chi connectivity index (χ3n) is 3.76. The molecule has 0 atom stereocenters. The van der Waals surface area contributed by atoms with Crippen LogP contribution < -0.4 is 4.72 Å². The van der Waals surface area contributed by atoms with Crippen molar-refractivity contribution < 1.29 is 8.42 Å². The lowest BCUT2D eigenvalue weighted by Gasteiger charge is -2.25. The van der Waals surface area contributed by atoms with E-state index in [2.05, 4.69) is 14.7 Å². The number of hydrogen-bond acceptors (Lipinski definition) is 7. The first kappa shape index (κ1) is 20.8. The fourth-order valence-corrected chi connectivity index (χ4v) is 7.12. The number of anilines is 1. The van der Waals surface area contributed by atoms with Crippen molar-refractivity contribution in [3.05, 3.63) is 12.1 Å². The average molecular weight is 445 g/mol. The zero-order chi connectivity index (χ0) is 19.8. The summed E-state index contributed by atoms with van der Waals surface area (Å²) in [5, 5.41) is 0.397. The largest absolute Gasteiger partial charge is 0.303 e. The minimum Gasteiger partial charge on any atom is -0.246 e. The molecule has 10 heteroatoms. The van der Waals surface area contributed by atoms with Crippen LogP contribution in [0.1, 0.15) is 27.7 Å². The van der Waals surface area contributed by atoms with E-state index in [4.69, 9.17) is 0 Å². The lowest BCUT2D eigenvalue weighted by molar-refractivity contribution is 0.335. The van der Waals surface area contributed by atoms with Crippen LogP contribution in [0.15, 0.2) is 16.5 Å². The molecule has 0 spiro atoms. The van der Waals surface area contributed by atoms with Crippen molar-refractivity contribution in [1.29, 1.82) is 0 Å². The number of benzene rings is 1. The molecule has 3 aromatic rings. The summed E-state index contributed by atoms with van der Waals surface area (Å²) in [6.07, 6.45) is 2.00. The highest BCUT2D eigenvalue weighted by Crippen LogP contribution is 2.38. The fraction of sp³-hybridized carbons (Fsp3) is 0.529. The maximum absolute atomic E-state index is 12.9. The van der Waals surface area contributed by atoms with Crippen molar-refractivity contribution in [3.8, 4) is 0 Å². The molecule has 27 heavy (non-hydrogen) atoms. The highest BCUT2D eigenvalue weighted by atomic mass is 32.2. The van der Waals surface area contributed by atoms with Gasteiger partial charge in [-0.05, 0) is 30.2 Å². The second kappa shape index (κ2) is 8.20. The summed E-state index contributed by atoms with van der Waals surface area (Å²) < 4.78 is 33.1. The van der Waals surface area contributed by atoms with E-state index < -0.39 is 10.2 Å². The maximum atomic E-state index is 12.9. The molecule has 6 nitrogen and oxygen atoms in total. The standard InChI is InChI=1S/C17H24N4O2S4/c1-10(2)8-21(9-11(3)4)27(22,23)20-16-18-12-6-7-13-15(14(12)25-16)26-17(19-13)24-5/h6-7,10-11H,8-9H2,1-5H3,(H,18,20). The lowest BCUT2D eigenvalue weighted by atomic mass is 10.2. The molecule has 1 aromatic carbocycles. The molecule has 0 saturated carbocycles. The van der Waals surface area contributed by atoms with Crippen LogP contribution in [0.4, 0.5) is 5.13 Å². The van der Waals surface area contributed by atoms with Gasteiger partial charge in [0.25, 0.3) is 0 Å². The molecule has 0 aliphatic heterocycles. The quantitative estimate of drug-likeness (QED) is 0.500. The zero-order valence-corrected chi connectivity index (χ0v) is 19.3. The number of hydrogen-bond donors (Lipinski definition) is 1. The third kappa shape index (κ3) is 4.73. The molecule has 0 unspecified atom stereocenters. The molecule has 2 heterocycles. The van der Waals surface area contributed by atoms with Crippen molar-refractivity contribution in [2.24, 2.45) is 11.8 Å². The molecule has 0 bridgehead atoms. The predicted molar refractivity (Wildman–Crippen MR) is 118 cm³/mol. The highest BCUT2D eigenvalue weighted by molar-refractivity contribution is 8.00. The summed E-state index contributed by atoms with van der Waals surface area (Å²) >= 11 is 4.59. The zero-order valence-electron chi connectivity index (χ0n) is 16.0. The first-order valence-electron chi connectivity index (χ1n) is 8.71. The second-order valence-electron chi connectivity index (χ2n) is 7.18. The van der Waals surface area contributed by atoms with Gasteiger partial charge in [0.2, 0.25) is 0 Å². The van der Waals surface area contributed by atoms with E-state index in [0.717, 1.165) is 24.8 Å². The van der Waals surface area contributed by atoms with Crippen molar-refractivity contribution in [2.75, 3.05) is 24.1 Å². The topological polar surface area (TPSA) is 75.2 Å². The van der Waals surface area contributed by atoms with Crippen LogP contribution in [0.2, 0.25) is 0 Å². The Kier molecular flexibility index (Phi) is 6.31. The molecule has 3 rings (SSSR count). The number of nitrogens with zero attached hydrogens (tertiary/aromatic N) is 3. The molecule has 0 aliphatic rings. The SMILES string of the molecule is CSc1nc2ccc3nc(NS(=O)(=O)N(CC(C)C)CC(C)C)sc3c2s1. The van der Waals surface area contributed by atoms with E-state index in [9.17, 15) is 8.42 Å². The second-order valence-corrected chi connectivity index (χ2v) is 11.9. The van der Waals surface area contributed by atoms with E-state index in [1.807, 2.05) is 46.1 Å². The van der Waals surface area contributed by atoms with Crippen molar-refractivity contribution >= 4 is 70.2 Å². The Morgan fingerprint density at radius 1 is 1.04 bits per heavy atom. The first-order chi connectivity index (χ1) is 12.7. The Morgan fingerprint density at radius 2 is 1.59 bits per heavy atom. The van der Waals surface area contributed by atoms with Crippen LogP contribution in [0.5, 0.6) is 0 Å². The van der Waals surface area contributed by atoms with Crippen LogP contribution >= 0.6 is 34.4 Å². The highest BCUT2D eigenvalue weighted by Gasteiger charge is 2.25. The number of thiazole rings is 2. The van der Waals surface area contributed by atoms with E-state index >= 15 is 0 Å². The van der Waals surface area contributed by atoms with Gasteiger partial charge >= 0.3 is 10.2 Å². The Hall–Kier alpha value is -0.940. The summed E-state index contributed by atoms with van der Waals surface area (Å²) in [7, 11) is -3.65. The van der Waals surface area contributed by atoms with Gasteiger partial charge in [-0.3, -0.25) is 0 Å². The van der Waals surface area contributed by atoms with Gasteiger partial charge in [0.1, 0.15) is 0 Å². The molecule has 2 aromatic heterocycles. The van der Waals surface area contributed by atoms with Crippen LogP contribution in [0.3, 0.4) is 0 Å². The van der Waals surface area contributed by atoms with Crippen molar-refractivity contribution in [3.63, 3.8) is 0 Å². The summed E-state index contributed by atoms with van der Waals surface area (Å²) in [6, 6.07) is 3.84. The number of fused-ring (bicyclic) bond motifs is 3. The Labute approximate surface area is 172 Å². The van der Waals surface area contributed by atoms with Crippen LogP contribution in [0, 0.1) is 11.8 Å². The summed E-state index contributed by atoms with van der Waals surface area (Å²) in [5.41, 5.74) is 1.72. The predicted octanol–water partition coefficient (Wildman–Crippen LogP) is 4.90. The average Bonchev–Trinajstić information content (AvgIpc) is 3.15. The number of rotatable bonds is 8. The number of aromatic nitrogens is 2. The van der Waals surface area contributed by atoms with Crippen molar-refractivity contribution in [2.45, 2.75) is 32.0 Å². The molecule has 0 aliphatic carbocycles. The fourth-order valence-electron chi connectivity index (χ4n) is 2.74. The van der Waals surface area contributed by atoms with Gasteiger partial charge in [0.15, 0.2) is 9.47 Å². The molecular weight excluding hydrogens is 420 g/mol. The van der Waals surface area contributed by atoms with Gasteiger partial charge in [-0.2, -0.15) is 12.7 Å². The van der Waals surface area contributed by atoms with Gasteiger partial charge in [-0.15, -0.1) is 11.3 Å². The summed E-state index contributed by atoms with van der Waals surface area (Å²) in [4.78, 5) is 9.07. The van der Waals surface area contributed by atoms with Crippen LogP contribution in [-0.2, 0) is 10.2 Å². The summed E-state index contributed by atoms with van der Waals surface area (Å²) in [6.45, 7) is 9.03. The Morgan fingerprint density at radius 3 is 2.15 bits per heavy atom. The summed E-state index contributed by atoms with van der Waals surface area (Å²) in [5.74, 6) is 0.495. The Balaban J connectivity index is 1.94. The van der Waals surface area contributed by atoms with Gasteiger partial charge in [0, 0.05) is 13.1 Å². The minimum absolute atomic E-state index is 0.248. The Bertz CT molecular complexity index is 1030. The lowest BCUT2D eigenvalue weighted by Crippen LogP contribution is -2.40. The van der Waals surface area contributed by atoms with Gasteiger partial charge in [-0.1, -0.05) is 50.8 Å². The van der Waals surface area contributed by atoms with Gasteiger partial charge < -0.3 is 0 Å². The third-order valence-corrected chi connectivity index (χ3v) is 8.53. The van der Waals surface area contributed by atoms with Crippen LogP contribution in [0.25, 0.3) is 20.4 Å². The van der Waals surface area contributed by atoms with E-state index in [1.165, 1.54) is 15.6 Å². The molecule has 0 saturated heterocycles. The number of thioether (sulfide) groups is 1. The van der Waals surface area contributed by atoms with E-state index in [-0.39, 0.29) is 11.8 Å². The van der Waals surface area contributed by atoms with E-state index in [0.29, 0.717) is 18.2 Å². The maximum Gasteiger partial charge on any atom is 0.303 e. The monoisotopic (exact) mass is 444 g/mol. The van der Waals surface area contributed by atoms with Gasteiger partial charge in [0.05, 0.1) is 20.4 Å². The molecular formula is C17H24N4O2S4.